The molecule has 0 aliphatic carbocycles. The molecule has 2 aliphatic rings. The van der Waals surface area contributed by atoms with Crippen LogP contribution in [0.2, 0.25) is 0 Å². The van der Waals surface area contributed by atoms with Crippen molar-refractivity contribution >= 4 is 33.7 Å². The van der Waals surface area contributed by atoms with Crippen LogP contribution in [0.5, 0.6) is 0 Å². The maximum atomic E-state index is 12.8. The maximum Gasteiger partial charge on any atom is 0.328 e. The molecule has 11 heteroatoms. The second-order valence-corrected chi connectivity index (χ2v) is 9.47. The number of carboxylic acids is 1. The second kappa shape index (κ2) is 6.05. The number of aliphatic imine (C=N–C) groups is 1. The summed E-state index contributed by atoms with van der Waals surface area (Å²) in [4.78, 5) is 32.9. The van der Waals surface area contributed by atoms with Gasteiger partial charge in [-0.1, -0.05) is 6.07 Å². The van der Waals surface area contributed by atoms with Crippen molar-refractivity contribution in [1.82, 2.24) is 9.88 Å². The summed E-state index contributed by atoms with van der Waals surface area (Å²) in [5.74, 6) is -2.02. The summed E-state index contributed by atoms with van der Waals surface area (Å²) >= 11 is 0. The third-order valence-electron chi connectivity index (χ3n) is 4.79. The molecule has 2 aliphatic heterocycles. The normalized spacial score (nSPS) is 26.4. The standard InChI is InChI=1S/C16H19N5O5S/c1-16(2)11(14(23)24)21-12(22)10(13(21)27(16,25)26)5-9-4-3-8(6-19-9)7-20-15(17)18/h3-6,11,13H,7H2,1-2H3,(H,23,24)(H4,17,18,20)/t11-,13+/m0/s1. The molecule has 0 bridgehead atoms. The van der Waals surface area contributed by atoms with Crippen LogP contribution < -0.4 is 11.5 Å². The summed E-state index contributed by atoms with van der Waals surface area (Å²) in [5.41, 5.74) is 11.6. The van der Waals surface area contributed by atoms with Gasteiger partial charge in [-0.2, -0.15) is 0 Å². The molecular formula is C16H19N5O5S. The van der Waals surface area contributed by atoms with E-state index in [-0.39, 0.29) is 18.1 Å². The highest BCUT2D eigenvalue weighted by atomic mass is 32.2. The highest BCUT2D eigenvalue weighted by Crippen LogP contribution is 2.48. The van der Waals surface area contributed by atoms with Gasteiger partial charge in [-0.25, -0.2) is 18.2 Å². The molecule has 27 heavy (non-hydrogen) atoms. The van der Waals surface area contributed by atoms with Crippen LogP contribution in [-0.4, -0.2) is 57.4 Å². The van der Waals surface area contributed by atoms with E-state index in [0.717, 1.165) is 10.5 Å². The lowest BCUT2D eigenvalue weighted by atomic mass is 9.95. The Morgan fingerprint density at radius 2 is 2.07 bits per heavy atom. The average molecular weight is 393 g/mol. The van der Waals surface area contributed by atoms with Crippen molar-refractivity contribution in [3.05, 3.63) is 35.2 Å². The highest BCUT2D eigenvalue weighted by molar-refractivity contribution is 7.94. The number of nitrogens with zero attached hydrogens (tertiary/aromatic N) is 3. The number of fused-ring (bicyclic) bond motifs is 1. The van der Waals surface area contributed by atoms with Crippen molar-refractivity contribution in [3.63, 3.8) is 0 Å². The number of hydrogen-bond acceptors (Lipinski definition) is 6. The van der Waals surface area contributed by atoms with Crippen molar-refractivity contribution in [1.29, 1.82) is 0 Å². The van der Waals surface area contributed by atoms with Gasteiger partial charge in [0.2, 0.25) is 0 Å². The third kappa shape index (κ3) is 2.74. The Bertz CT molecular complexity index is 977. The van der Waals surface area contributed by atoms with E-state index < -0.39 is 37.9 Å². The SMILES string of the molecule is CC1(C)[C@H](C(=O)O)N2C(=O)C(=Cc3ccc(CN=C(N)N)cn3)[C@H]2S1(=O)=O. The Morgan fingerprint density at radius 1 is 1.41 bits per heavy atom. The zero-order valence-corrected chi connectivity index (χ0v) is 15.5. The summed E-state index contributed by atoms with van der Waals surface area (Å²) < 4.78 is 24.0. The number of guanidine groups is 1. The van der Waals surface area contributed by atoms with Gasteiger partial charge < -0.3 is 21.5 Å². The van der Waals surface area contributed by atoms with Gasteiger partial charge in [0, 0.05) is 6.20 Å². The largest absolute Gasteiger partial charge is 0.480 e. The van der Waals surface area contributed by atoms with E-state index in [1.807, 2.05) is 0 Å². The van der Waals surface area contributed by atoms with Crippen LogP contribution in [0.4, 0.5) is 0 Å². The maximum absolute atomic E-state index is 12.8. The lowest BCUT2D eigenvalue weighted by molar-refractivity contribution is -0.152. The minimum absolute atomic E-state index is 0.0105. The Hall–Kier alpha value is -2.95. The van der Waals surface area contributed by atoms with E-state index in [1.54, 1.807) is 12.1 Å². The van der Waals surface area contributed by atoms with Crippen LogP contribution in [0.1, 0.15) is 25.1 Å². The lowest BCUT2D eigenvalue weighted by Gasteiger charge is -2.37. The van der Waals surface area contributed by atoms with Crippen molar-refractivity contribution in [3.8, 4) is 0 Å². The first-order valence-electron chi connectivity index (χ1n) is 7.99. The third-order valence-corrected chi connectivity index (χ3v) is 7.55. The van der Waals surface area contributed by atoms with Crippen LogP contribution >= 0.6 is 0 Å². The number of sulfone groups is 1. The molecule has 3 rings (SSSR count). The van der Waals surface area contributed by atoms with Crippen LogP contribution in [0.3, 0.4) is 0 Å². The molecule has 0 aromatic carbocycles. The predicted octanol–water partition coefficient (Wildman–Crippen LogP) is -0.933. The lowest BCUT2D eigenvalue weighted by Crippen LogP contribution is -2.58. The molecule has 1 aromatic heterocycles. The van der Waals surface area contributed by atoms with E-state index in [1.165, 1.54) is 26.1 Å². The van der Waals surface area contributed by atoms with Crippen molar-refractivity contribution < 1.29 is 23.1 Å². The molecule has 0 radical (unpaired) electrons. The molecule has 144 valence electrons. The fourth-order valence-corrected chi connectivity index (χ4v) is 5.42. The van der Waals surface area contributed by atoms with E-state index >= 15 is 0 Å². The quantitative estimate of drug-likeness (QED) is 0.255. The number of aromatic nitrogens is 1. The first-order chi connectivity index (χ1) is 12.5. The fraction of sp³-hybridized carbons (Fsp3) is 0.375. The van der Waals surface area contributed by atoms with Gasteiger partial charge in [0.25, 0.3) is 5.91 Å². The Kier molecular flexibility index (Phi) is 4.22. The molecule has 2 atom stereocenters. The first kappa shape index (κ1) is 18.8. The molecule has 10 nitrogen and oxygen atoms in total. The van der Waals surface area contributed by atoms with Crippen LogP contribution in [0, 0.1) is 0 Å². The summed E-state index contributed by atoms with van der Waals surface area (Å²) in [5, 5.41) is 8.12. The molecule has 2 fully saturated rings. The van der Waals surface area contributed by atoms with Gasteiger partial charge in [0.15, 0.2) is 27.2 Å². The van der Waals surface area contributed by atoms with Gasteiger partial charge in [-0.3, -0.25) is 9.78 Å². The van der Waals surface area contributed by atoms with E-state index in [2.05, 4.69) is 9.98 Å². The van der Waals surface area contributed by atoms with E-state index in [9.17, 15) is 23.1 Å². The molecule has 3 heterocycles. The van der Waals surface area contributed by atoms with Crippen molar-refractivity contribution in [2.45, 2.75) is 36.6 Å². The number of β-lactam (4-membered cyclic amide) rings is 1. The number of rotatable bonds is 4. The van der Waals surface area contributed by atoms with Crippen LogP contribution in [-0.2, 0) is 26.0 Å². The van der Waals surface area contributed by atoms with E-state index in [4.69, 9.17) is 11.5 Å². The predicted molar refractivity (Wildman–Crippen MR) is 96.8 cm³/mol. The number of nitrogens with two attached hydrogens (primary N) is 2. The molecule has 2 saturated heterocycles. The topological polar surface area (TPSA) is 169 Å². The molecule has 0 saturated carbocycles. The highest BCUT2D eigenvalue weighted by Gasteiger charge is 2.70. The zero-order chi connectivity index (χ0) is 20.1. The van der Waals surface area contributed by atoms with Gasteiger partial charge >= 0.3 is 5.97 Å². The monoisotopic (exact) mass is 393 g/mol. The Labute approximate surface area is 155 Å². The molecule has 0 unspecified atom stereocenters. The average Bonchev–Trinajstić information content (AvgIpc) is 2.72. The molecular weight excluding hydrogens is 374 g/mol. The number of pyridine rings is 1. The number of hydrogen-bond donors (Lipinski definition) is 3. The summed E-state index contributed by atoms with van der Waals surface area (Å²) in [6, 6.07) is 1.87. The first-order valence-corrected chi connectivity index (χ1v) is 9.54. The van der Waals surface area contributed by atoms with Gasteiger partial charge in [-0.05, 0) is 31.6 Å². The minimum atomic E-state index is -3.91. The summed E-state index contributed by atoms with van der Waals surface area (Å²) in [6.45, 7) is 2.88. The zero-order valence-electron chi connectivity index (χ0n) is 14.7. The van der Waals surface area contributed by atoms with E-state index in [0.29, 0.717) is 5.69 Å². The summed E-state index contributed by atoms with van der Waals surface area (Å²) in [7, 11) is -3.91. The smallest absolute Gasteiger partial charge is 0.328 e. The van der Waals surface area contributed by atoms with Crippen LogP contribution in [0.15, 0.2) is 28.9 Å². The fourth-order valence-electron chi connectivity index (χ4n) is 3.30. The molecule has 1 amide bonds. The van der Waals surface area contributed by atoms with Gasteiger partial charge in [0.05, 0.1) is 17.8 Å². The number of carboxylic acid groups (broad SMARTS) is 1. The molecule has 5 N–H and O–H groups in total. The van der Waals surface area contributed by atoms with Crippen LogP contribution in [0.25, 0.3) is 6.08 Å². The van der Waals surface area contributed by atoms with Crippen molar-refractivity contribution in [2.24, 2.45) is 16.5 Å². The summed E-state index contributed by atoms with van der Waals surface area (Å²) in [6.07, 6.45) is 2.87. The number of carbonyl (C=O) groups is 2. The molecule has 1 aromatic rings. The Balaban J connectivity index is 1.92. The number of carbonyl (C=O) groups excluding carboxylic acids is 1. The van der Waals surface area contributed by atoms with Gasteiger partial charge in [0.1, 0.15) is 4.75 Å². The number of aliphatic carboxylic acids is 1. The van der Waals surface area contributed by atoms with Crippen molar-refractivity contribution in [2.75, 3.05) is 0 Å². The number of amides is 1. The second-order valence-electron chi connectivity index (χ2n) is 6.89. The minimum Gasteiger partial charge on any atom is -0.480 e. The van der Waals surface area contributed by atoms with Gasteiger partial charge in [-0.15, -0.1) is 0 Å². The molecule has 0 spiro atoms. The Morgan fingerprint density at radius 3 is 2.59 bits per heavy atom.